The van der Waals surface area contributed by atoms with Crippen LogP contribution < -0.4 is 10.3 Å². The number of aromatic nitrogens is 5. The predicted molar refractivity (Wildman–Crippen MR) is 88.9 cm³/mol. The molecule has 0 unspecified atom stereocenters. The quantitative estimate of drug-likeness (QED) is 0.688. The summed E-state index contributed by atoms with van der Waals surface area (Å²) in [6.45, 7) is 3.12. The van der Waals surface area contributed by atoms with Crippen LogP contribution in [0.5, 0.6) is 5.75 Å². The van der Waals surface area contributed by atoms with Crippen molar-refractivity contribution in [2.75, 3.05) is 14.2 Å². The van der Waals surface area contributed by atoms with E-state index in [1.807, 2.05) is 26.1 Å². The van der Waals surface area contributed by atoms with E-state index in [2.05, 4.69) is 20.1 Å². The number of methoxy groups -OCH3 is 1. The zero-order chi connectivity index (χ0) is 17.3. The van der Waals surface area contributed by atoms with Gasteiger partial charge in [-0.3, -0.25) is 19.1 Å². The second-order valence-electron chi connectivity index (χ2n) is 5.84. The molecule has 0 saturated heterocycles. The van der Waals surface area contributed by atoms with Crippen LogP contribution >= 0.6 is 0 Å². The summed E-state index contributed by atoms with van der Waals surface area (Å²) in [5.41, 5.74) is 2.00. The minimum absolute atomic E-state index is 0.163. The van der Waals surface area contributed by atoms with Crippen LogP contribution in [0.15, 0.2) is 29.3 Å². The van der Waals surface area contributed by atoms with E-state index in [1.165, 1.54) is 4.57 Å². The molecule has 3 aromatic rings. The van der Waals surface area contributed by atoms with Gasteiger partial charge in [-0.2, -0.15) is 0 Å². The topological polar surface area (TPSA) is 77.6 Å². The van der Waals surface area contributed by atoms with Gasteiger partial charge in [-0.05, 0) is 14.0 Å². The molecule has 3 heterocycles. The Hall–Kier alpha value is -2.74. The maximum atomic E-state index is 12.0. The Morgan fingerprint density at radius 1 is 1.21 bits per heavy atom. The van der Waals surface area contributed by atoms with Crippen molar-refractivity contribution in [3.63, 3.8) is 0 Å². The molecule has 126 valence electrons. The second kappa shape index (κ2) is 6.40. The highest BCUT2D eigenvalue weighted by molar-refractivity contribution is 5.34. The Morgan fingerprint density at radius 3 is 2.75 bits per heavy atom. The lowest BCUT2D eigenvalue weighted by Crippen LogP contribution is -2.21. The Morgan fingerprint density at radius 2 is 2.00 bits per heavy atom. The maximum Gasteiger partial charge on any atom is 0.295 e. The average Bonchev–Trinajstić information content (AvgIpc) is 2.93. The smallest absolute Gasteiger partial charge is 0.295 e. The van der Waals surface area contributed by atoms with Crippen molar-refractivity contribution in [3.8, 4) is 5.75 Å². The lowest BCUT2D eigenvalue weighted by molar-refractivity contribution is 0.304. The van der Waals surface area contributed by atoms with Crippen LogP contribution in [0.3, 0.4) is 0 Å². The van der Waals surface area contributed by atoms with Gasteiger partial charge < -0.3 is 9.30 Å². The van der Waals surface area contributed by atoms with Gasteiger partial charge in [0, 0.05) is 43.8 Å². The number of pyridine rings is 1. The van der Waals surface area contributed by atoms with Crippen molar-refractivity contribution in [3.05, 3.63) is 52.1 Å². The van der Waals surface area contributed by atoms with Gasteiger partial charge in [0.25, 0.3) is 5.56 Å². The van der Waals surface area contributed by atoms with E-state index >= 15 is 0 Å². The van der Waals surface area contributed by atoms with Gasteiger partial charge in [0.2, 0.25) is 5.65 Å². The molecule has 0 N–H and O–H groups in total. The zero-order valence-corrected chi connectivity index (χ0v) is 14.2. The van der Waals surface area contributed by atoms with E-state index in [1.54, 1.807) is 31.0 Å². The third-order valence-electron chi connectivity index (χ3n) is 3.78. The molecule has 8 nitrogen and oxygen atoms in total. The molecule has 0 fully saturated rings. The molecule has 3 rings (SSSR count). The standard InChI is InChI=1S/C16H20N6O2/c1-11-7-13(24-4)8-12(17-11)9-20(2)10-14-18-19-15-16(23)21(3)5-6-22(14)15/h5-8H,9-10H2,1-4H3. The lowest BCUT2D eigenvalue weighted by Gasteiger charge is -2.16. The number of hydrogen-bond donors (Lipinski definition) is 0. The molecule has 0 aliphatic rings. The highest BCUT2D eigenvalue weighted by atomic mass is 16.5. The van der Waals surface area contributed by atoms with E-state index in [9.17, 15) is 4.79 Å². The summed E-state index contributed by atoms with van der Waals surface area (Å²) < 4.78 is 8.49. The van der Waals surface area contributed by atoms with Crippen molar-refractivity contribution in [1.82, 2.24) is 29.0 Å². The van der Waals surface area contributed by atoms with Crippen LogP contribution in [0.25, 0.3) is 5.65 Å². The van der Waals surface area contributed by atoms with Gasteiger partial charge in [0.05, 0.1) is 19.3 Å². The molecule has 24 heavy (non-hydrogen) atoms. The van der Waals surface area contributed by atoms with E-state index in [0.717, 1.165) is 17.1 Å². The fourth-order valence-corrected chi connectivity index (χ4v) is 2.60. The molecular formula is C16H20N6O2. The van der Waals surface area contributed by atoms with Crippen molar-refractivity contribution in [1.29, 1.82) is 0 Å². The van der Waals surface area contributed by atoms with Crippen molar-refractivity contribution in [2.45, 2.75) is 20.0 Å². The van der Waals surface area contributed by atoms with Crippen molar-refractivity contribution < 1.29 is 4.74 Å². The summed E-state index contributed by atoms with van der Waals surface area (Å²) >= 11 is 0. The molecule has 8 heteroatoms. The maximum absolute atomic E-state index is 12.0. The molecule has 3 aromatic heterocycles. The van der Waals surface area contributed by atoms with Crippen molar-refractivity contribution >= 4 is 5.65 Å². The lowest BCUT2D eigenvalue weighted by atomic mass is 10.2. The molecule has 0 aliphatic heterocycles. The number of fused-ring (bicyclic) bond motifs is 1. The van der Waals surface area contributed by atoms with Crippen LogP contribution in [0.1, 0.15) is 17.2 Å². The molecule has 0 saturated carbocycles. The first-order chi connectivity index (χ1) is 11.5. The summed E-state index contributed by atoms with van der Waals surface area (Å²) in [6, 6.07) is 3.81. The molecule has 0 aromatic carbocycles. The minimum atomic E-state index is -0.163. The number of aryl methyl sites for hydroxylation is 2. The van der Waals surface area contributed by atoms with E-state index in [0.29, 0.717) is 24.6 Å². The minimum Gasteiger partial charge on any atom is -0.497 e. The summed E-state index contributed by atoms with van der Waals surface area (Å²) in [5.74, 6) is 1.51. The Kier molecular flexibility index (Phi) is 4.30. The third kappa shape index (κ3) is 3.13. The first kappa shape index (κ1) is 16.1. The van der Waals surface area contributed by atoms with Gasteiger partial charge in [0.15, 0.2) is 5.82 Å². The highest BCUT2D eigenvalue weighted by Crippen LogP contribution is 2.15. The van der Waals surface area contributed by atoms with Crippen LogP contribution in [0.4, 0.5) is 0 Å². The van der Waals surface area contributed by atoms with Gasteiger partial charge >= 0.3 is 0 Å². The fourth-order valence-electron chi connectivity index (χ4n) is 2.60. The average molecular weight is 328 g/mol. The van der Waals surface area contributed by atoms with E-state index < -0.39 is 0 Å². The molecule has 0 amide bonds. The van der Waals surface area contributed by atoms with Crippen molar-refractivity contribution in [2.24, 2.45) is 7.05 Å². The van der Waals surface area contributed by atoms with Crippen LogP contribution in [0.2, 0.25) is 0 Å². The third-order valence-corrected chi connectivity index (χ3v) is 3.78. The number of ether oxygens (including phenoxy) is 1. The summed E-state index contributed by atoms with van der Waals surface area (Å²) in [5, 5.41) is 8.14. The van der Waals surface area contributed by atoms with Crippen LogP contribution in [0, 0.1) is 6.92 Å². The predicted octanol–water partition coefficient (Wildman–Crippen LogP) is 0.772. The molecular weight excluding hydrogens is 308 g/mol. The largest absolute Gasteiger partial charge is 0.497 e. The fraction of sp³-hybridized carbons (Fsp3) is 0.375. The Balaban J connectivity index is 1.80. The van der Waals surface area contributed by atoms with E-state index in [4.69, 9.17) is 4.74 Å². The highest BCUT2D eigenvalue weighted by Gasteiger charge is 2.12. The van der Waals surface area contributed by atoms with Gasteiger partial charge in [-0.15, -0.1) is 10.2 Å². The van der Waals surface area contributed by atoms with Crippen LogP contribution in [-0.4, -0.2) is 43.2 Å². The van der Waals surface area contributed by atoms with Gasteiger partial charge in [-0.1, -0.05) is 0 Å². The molecule has 0 spiro atoms. The summed E-state index contributed by atoms with van der Waals surface area (Å²) in [6.07, 6.45) is 3.50. The van der Waals surface area contributed by atoms with Crippen LogP contribution in [-0.2, 0) is 20.1 Å². The SMILES string of the molecule is COc1cc(C)nc(CN(C)Cc2nnc3c(=O)n(C)ccn23)c1. The zero-order valence-electron chi connectivity index (χ0n) is 14.2. The van der Waals surface area contributed by atoms with Gasteiger partial charge in [0.1, 0.15) is 5.75 Å². The Bertz CT molecular complexity index is 930. The molecule has 0 radical (unpaired) electrons. The normalized spacial score (nSPS) is 11.4. The summed E-state index contributed by atoms with van der Waals surface area (Å²) in [7, 11) is 5.31. The first-order valence-electron chi connectivity index (χ1n) is 7.57. The second-order valence-corrected chi connectivity index (χ2v) is 5.84. The number of hydrogen-bond acceptors (Lipinski definition) is 6. The molecule has 0 atom stereocenters. The first-order valence-corrected chi connectivity index (χ1v) is 7.57. The number of nitrogens with zero attached hydrogens (tertiary/aromatic N) is 6. The van der Waals surface area contributed by atoms with E-state index in [-0.39, 0.29) is 5.56 Å². The summed E-state index contributed by atoms with van der Waals surface area (Å²) in [4.78, 5) is 18.6. The van der Waals surface area contributed by atoms with Gasteiger partial charge in [-0.25, -0.2) is 0 Å². The monoisotopic (exact) mass is 328 g/mol. The molecule has 0 bridgehead atoms. The molecule has 0 aliphatic carbocycles. The Labute approximate surface area is 139 Å². The number of rotatable bonds is 5.